The van der Waals surface area contributed by atoms with E-state index in [9.17, 15) is 4.79 Å². The minimum Gasteiger partial charge on any atom is -0.456 e. The molecule has 3 heteroatoms. The standard InChI is InChI=1S/C18H17NO2/c1-13-10-14(2)16(7-5-9-20)18(11-13)21-17-8-4-3-6-15(17)12-19/h3-4,6,8-11H,5,7H2,1-2H3. The second-order valence-corrected chi connectivity index (χ2v) is 4.97. The monoisotopic (exact) mass is 279 g/mol. The number of nitriles is 1. The summed E-state index contributed by atoms with van der Waals surface area (Å²) in [6, 6.07) is 13.3. The Balaban J connectivity index is 2.43. The molecule has 0 atom stereocenters. The van der Waals surface area contributed by atoms with Gasteiger partial charge >= 0.3 is 0 Å². The van der Waals surface area contributed by atoms with E-state index >= 15 is 0 Å². The number of rotatable bonds is 5. The van der Waals surface area contributed by atoms with Crippen molar-refractivity contribution >= 4 is 6.29 Å². The van der Waals surface area contributed by atoms with E-state index in [1.807, 2.05) is 26.0 Å². The third-order valence-electron chi connectivity index (χ3n) is 3.32. The number of aryl methyl sites for hydroxylation is 2. The molecule has 0 fully saturated rings. The molecule has 3 nitrogen and oxygen atoms in total. The lowest BCUT2D eigenvalue weighted by Crippen LogP contribution is -1.98. The van der Waals surface area contributed by atoms with E-state index in [-0.39, 0.29) is 0 Å². The van der Waals surface area contributed by atoms with Crippen LogP contribution in [0, 0.1) is 25.2 Å². The van der Waals surface area contributed by atoms with Crippen LogP contribution in [-0.2, 0) is 11.2 Å². The van der Waals surface area contributed by atoms with Crippen LogP contribution in [0.25, 0.3) is 0 Å². The molecule has 0 N–H and O–H groups in total. The van der Waals surface area contributed by atoms with Gasteiger partial charge in [0.1, 0.15) is 23.9 Å². The number of aldehydes is 1. The van der Waals surface area contributed by atoms with Crippen LogP contribution in [0.1, 0.15) is 28.7 Å². The average molecular weight is 279 g/mol. The van der Waals surface area contributed by atoms with Gasteiger partial charge < -0.3 is 9.53 Å². The second-order valence-electron chi connectivity index (χ2n) is 4.97. The van der Waals surface area contributed by atoms with Crippen LogP contribution in [0.15, 0.2) is 36.4 Å². The normalized spacial score (nSPS) is 9.95. The predicted molar refractivity (Wildman–Crippen MR) is 81.5 cm³/mol. The molecule has 0 bridgehead atoms. The van der Waals surface area contributed by atoms with Gasteiger partial charge in [-0.15, -0.1) is 0 Å². The zero-order valence-corrected chi connectivity index (χ0v) is 12.2. The summed E-state index contributed by atoms with van der Waals surface area (Å²) in [5.41, 5.74) is 3.70. The maximum atomic E-state index is 10.6. The Kier molecular flexibility index (Phi) is 4.73. The highest BCUT2D eigenvalue weighted by atomic mass is 16.5. The number of carbonyl (C=O) groups excluding carboxylic acids is 1. The summed E-state index contributed by atoms with van der Waals surface area (Å²) in [5, 5.41) is 9.14. The van der Waals surface area contributed by atoms with Gasteiger partial charge in [-0.25, -0.2) is 0 Å². The van der Waals surface area contributed by atoms with Crippen molar-refractivity contribution in [3.05, 3.63) is 58.7 Å². The van der Waals surface area contributed by atoms with Gasteiger partial charge in [0.2, 0.25) is 0 Å². The van der Waals surface area contributed by atoms with Crippen LogP contribution in [0.5, 0.6) is 11.5 Å². The van der Waals surface area contributed by atoms with E-state index in [1.165, 1.54) is 0 Å². The first-order valence-electron chi connectivity index (χ1n) is 6.86. The van der Waals surface area contributed by atoms with Crippen molar-refractivity contribution in [3.63, 3.8) is 0 Å². The molecular formula is C18H17NO2. The highest BCUT2D eigenvalue weighted by molar-refractivity contribution is 5.53. The summed E-state index contributed by atoms with van der Waals surface area (Å²) in [7, 11) is 0. The highest BCUT2D eigenvalue weighted by Crippen LogP contribution is 2.31. The van der Waals surface area contributed by atoms with Gasteiger partial charge in [-0.1, -0.05) is 18.2 Å². The van der Waals surface area contributed by atoms with Crippen molar-refractivity contribution in [3.8, 4) is 17.6 Å². The third-order valence-corrected chi connectivity index (χ3v) is 3.32. The minimum absolute atomic E-state index is 0.458. The molecule has 0 aliphatic rings. The third kappa shape index (κ3) is 3.49. The van der Waals surface area contributed by atoms with Gasteiger partial charge in [-0.05, 0) is 55.2 Å². The molecule has 0 spiro atoms. The summed E-state index contributed by atoms with van der Waals surface area (Å²) >= 11 is 0. The Bertz CT molecular complexity index is 699. The molecule has 0 heterocycles. The molecule has 0 unspecified atom stereocenters. The number of benzene rings is 2. The lowest BCUT2D eigenvalue weighted by Gasteiger charge is -2.15. The smallest absolute Gasteiger partial charge is 0.145 e. The van der Waals surface area contributed by atoms with Gasteiger partial charge in [0.15, 0.2) is 0 Å². The van der Waals surface area contributed by atoms with E-state index < -0.39 is 0 Å². The first-order chi connectivity index (χ1) is 10.2. The fourth-order valence-corrected chi connectivity index (χ4v) is 2.34. The van der Waals surface area contributed by atoms with Gasteiger partial charge in [-0.3, -0.25) is 0 Å². The van der Waals surface area contributed by atoms with Crippen LogP contribution in [0.3, 0.4) is 0 Å². The van der Waals surface area contributed by atoms with E-state index in [0.29, 0.717) is 24.2 Å². The molecule has 2 rings (SSSR count). The van der Waals surface area contributed by atoms with Crippen molar-refractivity contribution in [2.45, 2.75) is 26.7 Å². The molecule has 0 amide bonds. The lowest BCUT2D eigenvalue weighted by atomic mass is 10.0. The maximum Gasteiger partial charge on any atom is 0.145 e. The number of para-hydroxylation sites is 1. The van der Waals surface area contributed by atoms with Crippen molar-refractivity contribution in [1.29, 1.82) is 5.26 Å². The summed E-state index contributed by atoms with van der Waals surface area (Å²) < 4.78 is 5.95. The quantitative estimate of drug-likeness (QED) is 0.774. The summed E-state index contributed by atoms with van der Waals surface area (Å²) in [5.74, 6) is 1.26. The van der Waals surface area contributed by atoms with Gasteiger partial charge in [-0.2, -0.15) is 5.26 Å². The second kappa shape index (κ2) is 6.71. The Hall–Kier alpha value is -2.60. The Morgan fingerprint density at radius 1 is 1.19 bits per heavy atom. The summed E-state index contributed by atoms with van der Waals surface area (Å²) in [6.07, 6.45) is 2.01. The van der Waals surface area contributed by atoms with Crippen molar-refractivity contribution in [2.75, 3.05) is 0 Å². The van der Waals surface area contributed by atoms with E-state index in [4.69, 9.17) is 10.00 Å². The molecule has 0 saturated carbocycles. The van der Waals surface area contributed by atoms with E-state index in [0.717, 1.165) is 28.7 Å². The largest absolute Gasteiger partial charge is 0.456 e. The summed E-state index contributed by atoms with van der Waals surface area (Å²) in [6.45, 7) is 4.01. The van der Waals surface area contributed by atoms with Crippen molar-refractivity contribution < 1.29 is 9.53 Å². The zero-order valence-electron chi connectivity index (χ0n) is 12.2. The minimum atomic E-state index is 0.458. The first-order valence-corrected chi connectivity index (χ1v) is 6.86. The molecule has 106 valence electrons. The number of hydrogen-bond acceptors (Lipinski definition) is 3. The molecule has 0 aliphatic carbocycles. The van der Waals surface area contributed by atoms with Crippen LogP contribution in [0.2, 0.25) is 0 Å². The SMILES string of the molecule is Cc1cc(C)c(CCC=O)c(Oc2ccccc2C#N)c1. The molecule has 0 saturated heterocycles. The van der Waals surface area contributed by atoms with Gasteiger partial charge in [0.25, 0.3) is 0 Å². The number of hydrogen-bond donors (Lipinski definition) is 0. The van der Waals surface area contributed by atoms with E-state index in [2.05, 4.69) is 12.1 Å². The topological polar surface area (TPSA) is 50.1 Å². The average Bonchev–Trinajstić information content (AvgIpc) is 2.47. The Morgan fingerprint density at radius 2 is 1.95 bits per heavy atom. The number of carbonyl (C=O) groups is 1. The van der Waals surface area contributed by atoms with Crippen molar-refractivity contribution in [1.82, 2.24) is 0 Å². The molecule has 21 heavy (non-hydrogen) atoms. The van der Waals surface area contributed by atoms with Crippen LogP contribution >= 0.6 is 0 Å². The molecule has 0 radical (unpaired) electrons. The molecule has 2 aromatic rings. The lowest BCUT2D eigenvalue weighted by molar-refractivity contribution is -0.107. The molecule has 0 aliphatic heterocycles. The Labute approximate surface area is 124 Å². The zero-order chi connectivity index (χ0) is 15.2. The Morgan fingerprint density at radius 3 is 2.67 bits per heavy atom. The molecule has 0 aromatic heterocycles. The van der Waals surface area contributed by atoms with Crippen molar-refractivity contribution in [2.24, 2.45) is 0 Å². The van der Waals surface area contributed by atoms with Gasteiger partial charge in [0.05, 0.1) is 5.56 Å². The number of nitrogens with zero attached hydrogens (tertiary/aromatic N) is 1. The fraction of sp³-hybridized carbons (Fsp3) is 0.222. The van der Waals surface area contributed by atoms with Crippen LogP contribution in [-0.4, -0.2) is 6.29 Å². The van der Waals surface area contributed by atoms with E-state index in [1.54, 1.807) is 18.2 Å². The predicted octanol–water partition coefficient (Wildman–Crippen LogP) is 4.10. The first kappa shape index (κ1) is 14.8. The summed E-state index contributed by atoms with van der Waals surface area (Å²) in [4.78, 5) is 10.6. The van der Waals surface area contributed by atoms with Crippen LogP contribution in [0.4, 0.5) is 0 Å². The fourth-order valence-electron chi connectivity index (χ4n) is 2.34. The highest BCUT2D eigenvalue weighted by Gasteiger charge is 2.11. The molecular weight excluding hydrogens is 262 g/mol. The maximum absolute atomic E-state index is 10.6. The van der Waals surface area contributed by atoms with Gasteiger partial charge in [0, 0.05) is 6.42 Å². The molecule has 2 aromatic carbocycles. The number of ether oxygens (including phenoxy) is 1. The van der Waals surface area contributed by atoms with Crippen LogP contribution < -0.4 is 4.74 Å².